The van der Waals surface area contributed by atoms with Crippen molar-refractivity contribution in [2.75, 3.05) is 0 Å². The van der Waals surface area contributed by atoms with Crippen LogP contribution in [0.1, 0.15) is 64.9 Å². The molecule has 35 heavy (non-hydrogen) atoms. The second-order valence-corrected chi connectivity index (χ2v) is 9.56. The number of ketones is 2. The minimum absolute atomic E-state index is 0.0887. The first-order valence-corrected chi connectivity index (χ1v) is 12.5. The lowest BCUT2D eigenvalue weighted by Crippen LogP contribution is -2.40. The Kier molecular flexibility index (Phi) is 6.87. The van der Waals surface area contributed by atoms with Gasteiger partial charge in [-0.05, 0) is 36.1 Å². The summed E-state index contributed by atoms with van der Waals surface area (Å²) in [6.07, 6.45) is 2.77. The van der Waals surface area contributed by atoms with Gasteiger partial charge in [0.05, 0.1) is 0 Å². The number of hydrogen-bond acceptors (Lipinski definition) is 3. The summed E-state index contributed by atoms with van der Waals surface area (Å²) >= 11 is 0. The maximum absolute atomic E-state index is 13.2. The number of nitrogens with zero attached hydrogens (tertiary/aromatic N) is 1. The molecule has 3 nitrogen and oxygen atoms in total. The first-order valence-electron chi connectivity index (χ1n) is 12.5. The monoisotopic (exact) mass is 461 g/mol. The van der Waals surface area contributed by atoms with E-state index in [1.165, 1.54) is 16.3 Å². The van der Waals surface area contributed by atoms with Gasteiger partial charge in [-0.3, -0.25) is 14.5 Å². The van der Waals surface area contributed by atoms with Gasteiger partial charge in [-0.25, -0.2) is 0 Å². The number of likely N-dealkylation sites (tertiary alicyclic amines) is 1. The highest BCUT2D eigenvalue weighted by Gasteiger charge is 2.39. The van der Waals surface area contributed by atoms with E-state index in [-0.39, 0.29) is 29.7 Å². The average Bonchev–Trinajstić information content (AvgIpc) is 3.30. The zero-order valence-corrected chi connectivity index (χ0v) is 20.1. The first kappa shape index (κ1) is 23.2. The summed E-state index contributed by atoms with van der Waals surface area (Å²) in [7, 11) is 0. The summed E-state index contributed by atoms with van der Waals surface area (Å²) < 4.78 is 0. The van der Waals surface area contributed by atoms with E-state index in [0.717, 1.165) is 24.0 Å². The largest absolute Gasteiger partial charge is 0.294 e. The van der Waals surface area contributed by atoms with Crippen molar-refractivity contribution < 1.29 is 9.59 Å². The zero-order chi connectivity index (χ0) is 24.2. The van der Waals surface area contributed by atoms with E-state index < -0.39 is 0 Å². The molecule has 1 heterocycles. The molecule has 0 N–H and O–H groups in total. The van der Waals surface area contributed by atoms with E-state index in [4.69, 9.17) is 0 Å². The van der Waals surface area contributed by atoms with Crippen molar-refractivity contribution in [2.24, 2.45) is 0 Å². The number of benzene rings is 4. The molecule has 0 spiro atoms. The molecule has 5 rings (SSSR count). The maximum atomic E-state index is 13.2. The molecule has 0 amide bonds. The Bertz CT molecular complexity index is 1250. The van der Waals surface area contributed by atoms with Crippen LogP contribution >= 0.6 is 0 Å². The second kappa shape index (κ2) is 10.4. The Hall–Kier alpha value is -3.56. The summed E-state index contributed by atoms with van der Waals surface area (Å²) in [5.74, 6) is 0.335. The van der Waals surface area contributed by atoms with Gasteiger partial charge in [0.25, 0.3) is 0 Å². The van der Waals surface area contributed by atoms with Crippen molar-refractivity contribution in [3.63, 3.8) is 0 Å². The smallest absolute Gasteiger partial charge is 0.164 e. The zero-order valence-electron chi connectivity index (χ0n) is 20.1. The van der Waals surface area contributed by atoms with E-state index >= 15 is 0 Å². The number of rotatable bonds is 8. The van der Waals surface area contributed by atoms with Crippen molar-refractivity contribution in [3.8, 4) is 0 Å². The molecule has 1 aliphatic rings. The average molecular weight is 462 g/mol. The molecular formula is C32H31NO2. The summed E-state index contributed by atoms with van der Waals surface area (Å²) in [6, 6.07) is 34.3. The van der Waals surface area contributed by atoms with E-state index in [0.29, 0.717) is 12.8 Å². The molecule has 176 valence electrons. The molecule has 0 unspecified atom stereocenters. The fourth-order valence-electron chi connectivity index (χ4n) is 5.72. The quantitative estimate of drug-likeness (QED) is 0.259. The SMILES string of the molecule is C[C@H](c1cccc2ccccc12)N1[C@@H](CC(=O)c2ccccc2)CC[C@H]1CC(=O)c1ccccc1. The molecule has 0 saturated carbocycles. The molecule has 0 aliphatic carbocycles. The Morgan fingerprint density at radius 3 is 1.74 bits per heavy atom. The van der Waals surface area contributed by atoms with Crippen molar-refractivity contribution >= 4 is 22.3 Å². The molecule has 3 atom stereocenters. The molecule has 3 heteroatoms. The van der Waals surface area contributed by atoms with E-state index in [9.17, 15) is 9.59 Å². The van der Waals surface area contributed by atoms with Crippen LogP contribution in [-0.4, -0.2) is 28.6 Å². The Labute approximate surface area is 207 Å². The lowest BCUT2D eigenvalue weighted by atomic mass is 9.95. The van der Waals surface area contributed by atoms with E-state index in [1.807, 2.05) is 60.7 Å². The van der Waals surface area contributed by atoms with Gasteiger partial charge in [-0.1, -0.05) is 103 Å². The molecule has 0 bridgehead atoms. The van der Waals surface area contributed by atoms with E-state index in [1.54, 1.807) is 0 Å². The van der Waals surface area contributed by atoms with Gasteiger partial charge < -0.3 is 0 Å². The van der Waals surface area contributed by atoms with Gasteiger partial charge in [0.15, 0.2) is 11.6 Å². The van der Waals surface area contributed by atoms with Crippen LogP contribution in [0.4, 0.5) is 0 Å². The van der Waals surface area contributed by atoms with Crippen LogP contribution in [0.25, 0.3) is 10.8 Å². The first-order chi connectivity index (χ1) is 17.1. The third-order valence-corrected chi connectivity index (χ3v) is 7.43. The number of Topliss-reactive ketones (excluding diaryl/α,β-unsaturated/α-hetero) is 2. The van der Waals surface area contributed by atoms with Crippen LogP contribution in [0, 0.1) is 0 Å². The lowest BCUT2D eigenvalue weighted by Gasteiger charge is -2.36. The van der Waals surface area contributed by atoms with Crippen LogP contribution < -0.4 is 0 Å². The number of hydrogen-bond donors (Lipinski definition) is 0. The minimum atomic E-state index is 0.0887. The highest BCUT2D eigenvalue weighted by molar-refractivity contribution is 5.97. The maximum Gasteiger partial charge on any atom is 0.164 e. The second-order valence-electron chi connectivity index (χ2n) is 9.56. The summed E-state index contributed by atoms with van der Waals surface area (Å²) in [5, 5.41) is 2.44. The van der Waals surface area contributed by atoms with Gasteiger partial charge in [0.1, 0.15) is 0 Å². The van der Waals surface area contributed by atoms with Gasteiger partial charge in [-0.2, -0.15) is 0 Å². The molecular weight excluding hydrogens is 430 g/mol. The Morgan fingerprint density at radius 1 is 0.686 bits per heavy atom. The minimum Gasteiger partial charge on any atom is -0.294 e. The predicted molar refractivity (Wildman–Crippen MR) is 142 cm³/mol. The highest BCUT2D eigenvalue weighted by Crippen LogP contribution is 2.39. The van der Waals surface area contributed by atoms with Crippen molar-refractivity contribution in [3.05, 3.63) is 120 Å². The van der Waals surface area contributed by atoms with Crippen LogP contribution in [-0.2, 0) is 0 Å². The standard InChI is InChI=1S/C32H31NO2/c1-23(29-18-10-16-24-11-8-9-17-30(24)29)33-27(21-31(34)25-12-4-2-5-13-25)19-20-28(33)22-32(35)26-14-6-3-7-15-26/h2-18,23,27-28H,19-22H2,1H3/t23-,27-,28+/m1/s1. The number of fused-ring (bicyclic) bond motifs is 1. The summed E-state index contributed by atoms with van der Waals surface area (Å²) in [6.45, 7) is 2.23. The molecule has 1 saturated heterocycles. The third-order valence-electron chi connectivity index (χ3n) is 7.43. The predicted octanol–water partition coefficient (Wildman–Crippen LogP) is 7.28. The molecule has 0 radical (unpaired) electrons. The van der Waals surface area contributed by atoms with Crippen LogP contribution in [0.5, 0.6) is 0 Å². The third kappa shape index (κ3) is 4.96. The van der Waals surface area contributed by atoms with Gasteiger partial charge in [0.2, 0.25) is 0 Å². The van der Waals surface area contributed by atoms with Crippen LogP contribution in [0.3, 0.4) is 0 Å². The van der Waals surface area contributed by atoms with Crippen molar-refractivity contribution in [1.29, 1.82) is 0 Å². The van der Waals surface area contributed by atoms with Crippen molar-refractivity contribution in [1.82, 2.24) is 4.90 Å². The molecule has 1 aliphatic heterocycles. The summed E-state index contributed by atoms with van der Waals surface area (Å²) in [5.41, 5.74) is 2.77. The Balaban J connectivity index is 1.46. The normalized spacial score (nSPS) is 19.0. The molecule has 0 aromatic heterocycles. The number of carbonyl (C=O) groups is 2. The number of carbonyl (C=O) groups excluding carboxylic acids is 2. The topological polar surface area (TPSA) is 37.4 Å². The van der Waals surface area contributed by atoms with Gasteiger partial charge >= 0.3 is 0 Å². The fraction of sp³-hybridized carbons (Fsp3) is 0.250. The molecule has 4 aromatic rings. The van der Waals surface area contributed by atoms with Gasteiger partial charge in [0, 0.05) is 42.1 Å². The van der Waals surface area contributed by atoms with E-state index in [2.05, 4.69) is 54.3 Å². The summed E-state index contributed by atoms with van der Waals surface area (Å²) in [4.78, 5) is 28.8. The van der Waals surface area contributed by atoms with Gasteiger partial charge in [-0.15, -0.1) is 0 Å². The fourth-order valence-corrected chi connectivity index (χ4v) is 5.72. The van der Waals surface area contributed by atoms with Crippen molar-refractivity contribution in [2.45, 2.75) is 50.7 Å². The molecule has 1 fully saturated rings. The van der Waals surface area contributed by atoms with Crippen LogP contribution in [0.15, 0.2) is 103 Å². The lowest BCUT2D eigenvalue weighted by molar-refractivity contribution is 0.0816. The Morgan fingerprint density at radius 2 is 1.17 bits per heavy atom. The van der Waals surface area contributed by atoms with Crippen LogP contribution in [0.2, 0.25) is 0 Å². The highest BCUT2D eigenvalue weighted by atomic mass is 16.1. The molecule has 4 aromatic carbocycles.